The minimum Gasteiger partial charge on any atom is -0.375 e. The minimum absolute atomic E-state index is 0.178. The van der Waals surface area contributed by atoms with Gasteiger partial charge in [-0.1, -0.05) is 0 Å². The van der Waals surface area contributed by atoms with Gasteiger partial charge in [-0.2, -0.15) is 0 Å². The topological polar surface area (TPSA) is 44.8 Å². The molecule has 0 aromatic carbocycles. The van der Waals surface area contributed by atoms with E-state index in [4.69, 9.17) is 4.74 Å². The van der Waals surface area contributed by atoms with Crippen LogP contribution in [0.25, 0.3) is 0 Å². The average Bonchev–Trinajstić information content (AvgIpc) is 2.94. The summed E-state index contributed by atoms with van der Waals surface area (Å²) >= 11 is 0. The van der Waals surface area contributed by atoms with Crippen LogP contribution < -0.4 is 5.32 Å². The minimum atomic E-state index is 0.178. The van der Waals surface area contributed by atoms with Crippen LogP contribution in [0.3, 0.4) is 0 Å². The maximum atomic E-state index is 12.4. The fourth-order valence-electron chi connectivity index (χ4n) is 3.78. The van der Waals surface area contributed by atoms with Crippen molar-refractivity contribution in [2.75, 3.05) is 45.9 Å². The molecule has 1 amide bonds. The zero-order valence-corrected chi connectivity index (χ0v) is 12.0. The van der Waals surface area contributed by atoms with Gasteiger partial charge in [0.25, 0.3) is 0 Å². The third-order valence-corrected chi connectivity index (χ3v) is 4.99. The number of amides is 1. The van der Waals surface area contributed by atoms with Gasteiger partial charge in [-0.3, -0.25) is 9.69 Å². The Kier molecular flexibility index (Phi) is 3.78. The Bertz CT molecular complexity index is 350. The van der Waals surface area contributed by atoms with Crippen molar-refractivity contribution in [2.45, 2.75) is 26.0 Å². The van der Waals surface area contributed by atoms with Gasteiger partial charge in [0, 0.05) is 25.7 Å². The normalized spacial score (nSPS) is 39.6. The first kappa shape index (κ1) is 13.3. The number of hydrogen-bond acceptors (Lipinski definition) is 4. The number of nitrogens with one attached hydrogen (secondary N) is 1. The van der Waals surface area contributed by atoms with E-state index in [1.54, 1.807) is 0 Å². The Morgan fingerprint density at radius 3 is 2.89 bits per heavy atom. The zero-order chi connectivity index (χ0) is 13.4. The molecule has 0 radical (unpaired) electrons. The van der Waals surface area contributed by atoms with Gasteiger partial charge in [0.1, 0.15) is 0 Å². The molecule has 0 aromatic heterocycles. The number of carbonyl (C=O) groups is 1. The Morgan fingerprint density at radius 1 is 1.32 bits per heavy atom. The van der Waals surface area contributed by atoms with E-state index in [9.17, 15) is 4.79 Å². The number of fused-ring (bicyclic) bond motifs is 1. The molecule has 5 nitrogen and oxygen atoms in total. The first-order valence-electron chi connectivity index (χ1n) is 7.49. The molecule has 3 aliphatic rings. The lowest BCUT2D eigenvalue weighted by Gasteiger charge is -2.33. The van der Waals surface area contributed by atoms with E-state index in [-0.39, 0.29) is 12.0 Å². The van der Waals surface area contributed by atoms with E-state index < -0.39 is 0 Å². The van der Waals surface area contributed by atoms with Crippen LogP contribution >= 0.6 is 0 Å². The summed E-state index contributed by atoms with van der Waals surface area (Å²) in [6.45, 7) is 10.4. The Balaban J connectivity index is 1.55. The highest BCUT2D eigenvalue weighted by atomic mass is 16.5. The molecule has 3 heterocycles. The second-order valence-corrected chi connectivity index (χ2v) is 6.27. The average molecular weight is 267 g/mol. The zero-order valence-electron chi connectivity index (χ0n) is 12.0. The number of rotatable bonds is 2. The molecule has 3 aliphatic heterocycles. The highest BCUT2D eigenvalue weighted by Crippen LogP contribution is 2.32. The number of ether oxygens (including phenoxy) is 1. The summed E-state index contributed by atoms with van der Waals surface area (Å²) in [6, 6.07) is 0.530. The third kappa shape index (κ3) is 2.64. The lowest BCUT2D eigenvalue weighted by Crippen LogP contribution is -2.49. The molecule has 19 heavy (non-hydrogen) atoms. The van der Waals surface area contributed by atoms with Gasteiger partial charge in [0.2, 0.25) is 5.91 Å². The Hall–Kier alpha value is -0.650. The molecule has 0 bridgehead atoms. The van der Waals surface area contributed by atoms with Gasteiger partial charge in [-0.25, -0.2) is 0 Å². The van der Waals surface area contributed by atoms with Crippen molar-refractivity contribution < 1.29 is 9.53 Å². The molecule has 0 aliphatic carbocycles. The molecule has 108 valence electrons. The summed E-state index contributed by atoms with van der Waals surface area (Å²) in [5, 5.41) is 3.46. The number of likely N-dealkylation sites (tertiary alicyclic amines) is 1. The van der Waals surface area contributed by atoms with E-state index in [1.807, 2.05) is 11.8 Å². The quantitative estimate of drug-likeness (QED) is 0.751. The highest BCUT2D eigenvalue weighted by molar-refractivity contribution is 5.78. The molecule has 1 N–H and O–H groups in total. The molecule has 4 atom stereocenters. The second kappa shape index (κ2) is 5.38. The Labute approximate surface area is 115 Å². The molecular weight excluding hydrogens is 242 g/mol. The molecule has 0 saturated carbocycles. The molecule has 0 aromatic rings. The van der Waals surface area contributed by atoms with Gasteiger partial charge in [-0.15, -0.1) is 0 Å². The highest BCUT2D eigenvalue weighted by Gasteiger charge is 2.42. The summed E-state index contributed by atoms with van der Waals surface area (Å²) in [5.41, 5.74) is 0. The van der Waals surface area contributed by atoms with Gasteiger partial charge < -0.3 is 15.0 Å². The molecule has 3 rings (SSSR count). The van der Waals surface area contributed by atoms with Crippen LogP contribution in [-0.2, 0) is 9.53 Å². The van der Waals surface area contributed by atoms with Crippen LogP contribution in [0.2, 0.25) is 0 Å². The van der Waals surface area contributed by atoms with Crippen LogP contribution in [0.1, 0.15) is 13.8 Å². The molecule has 3 saturated heterocycles. The summed E-state index contributed by atoms with van der Waals surface area (Å²) in [4.78, 5) is 16.7. The van der Waals surface area contributed by atoms with Crippen LogP contribution in [-0.4, -0.2) is 73.7 Å². The van der Waals surface area contributed by atoms with Gasteiger partial charge in [0.05, 0.1) is 19.3 Å². The number of nitrogens with zero attached hydrogens (tertiary/aromatic N) is 2. The standard InChI is InChI=1S/C14H25N3O2/c1-10-7-16(3-4-19-10)14(18)9-17-8-12-5-15-6-13(12)11(17)2/h10-13,15H,3-9H2,1-2H3. The monoisotopic (exact) mass is 267 g/mol. The maximum absolute atomic E-state index is 12.4. The SMILES string of the molecule is CC1CN(C(=O)CN2CC3CNCC3C2C)CCO1. The van der Waals surface area contributed by atoms with E-state index in [2.05, 4.69) is 17.1 Å². The predicted octanol–water partition coefficient (Wildman–Crippen LogP) is -0.227. The first-order chi connectivity index (χ1) is 9.15. The van der Waals surface area contributed by atoms with Crippen LogP contribution in [0.4, 0.5) is 0 Å². The van der Waals surface area contributed by atoms with Crippen LogP contribution in [0.5, 0.6) is 0 Å². The molecular formula is C14H25N3O2. The van der Waals surface area contributed by atoms with Crippen molar-refractivity contribution in [3.8, 4) is 0 Å². The number of carbonyl (C=O) groups excluding carboxylic acids is 1. The maximum Gasteiger partial charge on any atom is 0.236 e. The van der Waals surface area contributed by atoms with Crippen LogP contribution in [0, 0.1) is 11.8 Å². The second-order valence-electron chi connectivity index (χ2n) is 6.27. The van der Waals surface area contributed by atoms with E-state index >= 15 is 0 Å². The molecule has 4 unspecified atom stereocenters. The lowest BCUT2D eigenvalue weighted by molar-refractivity contribution is -0.139. The van der Waals surface area contributed by atoms with Crippen molar-refractivity contribution >= 4 is 5.91 Å². The number of morpholine rings is 1. The van der Waals surface area contributed by atoms with E-state index in [0.29, 0.717) is 19.2 Å². The first-order valence-corrected chi connectivity index (χ1v) is 7.49. The molecule has 5 heteroatoms. The number of hydrogen-bond donors (Lipinski definition) is 1. The van der Waals surface area contributed by atoms with Crippen molar-refractivity contribution in [1.82, 2.24) is 15.1 Å². The van der Waals surface area contributed by atoms with E-state index in [1.165, 1.54) is 0 Å². The third-order valence-electron chi connectivity index (χ3n) is 4.99. The van der Waals surface area contributed by atoms with Crippen LogP contribution in [0.15, 0.2) is 0 Å². The fourth-order valence-corrected chi connectivity index (χ4v) is 3.78. The smallest absolute Gasteiger partial charge is 0.236 e. The lowest BCUT2D eigenvalue weighted by atomic mass is 9.95. The van der Waals surface area contributed by atoms with Crippen molar-refractivity contribution in [1.29, 1.82) is 0 Å². The molecule has 0 spiro atoms. The summed E-state index contributed by atoms with van der Waals surface area (Å²) in [6.07, 6.45) is 0.178. The van der Waals surface area contributed by atoms with Gasteiger partial charge in [0.15, 0.2) is 0 Å². The van der Waals surface area contributed by atoms with Gasteiger partial charge in [-0.05, 0) is 38.8 Å². The summed E-state index contributed by atoms with van der Waals surface area (Å²) < 4.78 is 5.49. The van der Waals surface area contributed by atoms with E-state index in [0.717, 1.165) is 44.6 Å². The van der Waals surface area contributed by atoms with Gasteiger partial charge >= 0.3 is 0 Å². The van der Waals surface area contributed by atoms with Crippen molar-refractivity contribution in [3.63, 3.8) is 0 Å². The summed E-state index contributed by atoms with van der Waals surface area (Å²) in [7, 11) is 0. The van der Waals surface area contributed by atoms with Crippen molar-refractivity contribution in [3.05, 3.63) is 0 Å². The largest absolute Gasteiger partial charge is 0.375 e. The predicted molar refractivity (Wildman–Crippen MR) is 72.9 cm³/mol. The Morgan fingerprint density at radius 2 is 2.16 bits per heavy atom. The van der Waals surface area contributed by atoms with Crippen molar-refractivity contribution in [2.24, 2.45) is 11.8 Å². The summed E-state index contributed by atoms with van der Waals surface area (Å²) in [5.74, 6) is 1.75. The molecule has 3 fully saturated rings. The fraction of sp³-hybridized carbons (Fsp3) is 0.929.